The number of fused-ring (bicyclic) bond motifs is 1. The van der Waals surface area contributed by atoms with Gasteiger partial charge in [0.1, 0.15) is 12.4 Å². The first-order chi connectivity index (χ1) is 18.7. The molecule has 1 N–H and O–H groups in total. The lowest BCUT2D eigenvalue weighted by Gasteiger charge is -2.62. The Morgan fingerprint density at radius 2 is 1.80 bits per heavy atom. The Morgan fingerprint density at radius 3 is 2.42 bits per heavy atom. The Morgan fingerprint density at radius 1 is 1.10 bits per heavy atom. The summed E-state index contributed by atoms with van der Waals surface area (Å²) in [5.41, 5.74) is 3.32. The quantitative estimate of drug-likeness (QED) is 0.164. The number of hydrogen-bond acceptors (Lipinski definition) is 5. The van der Waals surface area contributed by atoms with Crippen LogP contribution in [0.15, 0.2) is 24.7 Å². The summed E-state index contributed by atoms with van der Waals surface area (Å²) in [7, 11) is -1.25. The fraction of sp³-hybridized carbons (Fsp3) is 0.719. The van der Waals surface area contributed by atoms with Crippen LogP contribution in [0.3, 0.4) is 0 Å². The molecule has 2 aromatic heterocycles. The van der Waals surface area contributed by atoms with Crippen LogP contribution in [0.5, 0.6) is 0 Å². The van der Waals surface area contributed by atoms with E-state index in [-0.39, 0.29) is 10.6 Å². The van der Waals surface area contributed by atoms with E-state index in [0.717, 1.165) is 29.1 Å². The smallest absolute Gasteiger partial charge is 0.192 e. The summed E-state index contributed by atoms with van der Waals surface area (Å²) in [5.74, 6) is 2.09. The minimum Gasteiger partial charge on any atom is -0.504 e. The summed E-state index contributed by atoms with van der Waals surface area (Å²) in [6, 6.07) is 3.84. The van der Waals surface area contributed by atoms with Crippen LogP contribution in [0, 0.1) is 17.8 Å². The van der Waals surface area contributed by atoms with Gasteiger partial charge in [-0.05, 0) is 86.2 Å². The fourth-order valence-corrected chi connectivity index (χ4v) is 9.79. The van der Waals surface area contributed by atoms with E-state index in [2.05, 4.69) is 75.7 Å². The Balaban J connectivity index is 1.39. The van der Waals surface area contributed by atoms with Gasteiger partial charge in [0.2, 0.25) is 0 Å². The first-order valence-electron chi connectivity index (χ1n) is 15.4. The monoisotopic (exact) mass is 583 g/mol. The van der Waals surface area contributed by atoms with E-state index in [4.69, 9.17) is 18.9 Å². The minimum absolute atomic E-state index is 0.0839. The molecule has 4 saturated carbocycles. The lowest BCUT2D eigenvalue weighted by Crippen LogP contribution is -2.63. The molecule has 3 unspecified atom stereocenters. The maximum atomic E-state index is 7.28. The molecule has 0 saturated heterocycles. The van der Waals surface area contributed by atoms with E-state index in [1.807, 2.05) is 12.3 Å². The molecule has 6 rings (SSSR count). The molecular formula is C32H53N3O3Si2. The topological polar surface area (TPSA) is 57.5 Å². The number of ether oxygens (including phenoxy) is 2. The molecule has 0 aromatic carbocycles. The molecule has 4 bridgehead atoms. The Hall–Kier alpha value is -1.62. The van der Waals surface area contributed by atoms with E-state index in [9.17, 15) is 0 Å². The maximum absolute atomic E-state index is 7.28. The van der Waals surface area contributed by atoms with Crippen molar-refractivity contribution in [2.75, 3.05) is 19.0 Å². The van der Waals surface area contributed by atoms with Crippen molar-refractivity contribution in [2.45, 2.75) is 115 Å². The molecule has 0 aliphatic heterocycles. The van der Waals surface area contributed by atoms with Gasteiger partial charge >= 0.3 is 0 Å². The normalized spacial score (nSPS) is 28.6. The highest BCUT2D eigenvalue weighted by Gasteiger charge is 2.58. The first kappa shape index (κ1) is 29.9. The van der Waals surface area contributed by atoms with E-state index < -0.39 is 16.4 Å². The van der Waals surface area contributed by atoms with Crippen LogP contribution in [0.25, 0.3) is 17.1 Å². The van der Waals surface area contributed by atoms with Gasteiger partial charge in [0.25, 0.3) is 0 Å². The third-order valence-electron chi connectivity index (χ3n) is 10.2. The summed E-state index contributed by atoms with van der Waals surface area (Å²) in [6.07, 6.45) is 14.2. The molecule has 2 aromatic rings. The zero-order valence-electron chi connectivity index (χ0n) is 26.5. The van der Waals surface area contributed by atoms with Gasteiger partial charge in [-0.25, -0.2) is 4.98 Å². The lowest BCUT2D eigenvalue weighted by molar-refractivity contribution is -0.120. The maximum Gasteiger partial charge on any atom is 0.192 e. The molecule has 0 radical (unpaired) electrons. The van der Waals surface area contributed by atoms with Gasteiger partial charge in [-0.1, -0.05) is 40.4 Å². The first-order valence-corrected chi connectivity index (χ1v) is 22.0. The number of methoxy groups -OCH3 is 1. The second-order valence-electron chi connectivity index (χ2n) is 15.7. The van der Waals surface area contributed by atoms with Gasteiger partial charge in [0.05, 0.1) is 24.7 Å². The Labute approximate surface area is 244 Å². The average molecular weight is 584 g/mol. The van der Waals surface area contributed by atoms with Crippen molar-refractivity contribution < 1.29 is 13.9 Å². The van der Waals surface area contributed by atoms with Crippen LogP contribution in [0.4, 0.5) is 5.69 Å². The van der Waals surface area contributed by atoms with Crippen molar-refractivity contribution in [3.63, 3.8) is 0 Å². The number of nitrogens with one attached hydrogen (secondary N) is 1. The lowest BCUT2D eigenvalue weighted by atomic mass is 9.52. The predicted octanol–water partition coefficient (Wildman–Crippen LogP) is 8.35. The summed E-state index contributed by atoms with van der Waals surface area (Å²) in [6.45, 7) is 20.5. The minimum atomic E-state index is -1.83. The molecule has 4 aliphatic carbocycles. The number of rotatable bonds is 11. The van der Waals surface area contributed by atoms with Crippen molar-refractivity contribution in [3.05, 3.63) is 30.3 Å². The van der Waals surface area contributed by atoms with Gasteiger partial charge in [0, 0.05) is 44.1 Å². The number of aromatic nitrogens is 2. The highest BCUT2D eigenvalue weighted by atomic mass is 28.4. The van der Waals surface area contributed by atoms with E-state index in [1.54, 1.807) is 13.4 Å². The Bertz CT molecular complexity index is 1210. The van der Waals surface area contributed by atoms with E-state index in [0.29, 0.717) is 24.6 Å². The van der Waals surface area contributed by atoms with Gasteiger partial charge in [-0.15, -0.1) is 0 Å². The van der Waals surface area contributed by atoms with Crippen LogP contribution < -0.4 is 5.32 Å². The Kier molecular flexibility index (Phi) is 8.14. The van der Waals surface area contributed by atoms with E-state index in [1.165, 1.54) is 43.8 Å². The second kappa shape index (κ2) is 10.9. The van der Waals surface area contributed by atoms with Crippen LogP contribution in [0.2, 0.25) is 43.8 Å². The molecule has 8 heteroatoms. The predicted molar refractivity (Wildman–Crippen MR) is 172 cm³/mol. The van der Waals surface area contributed by atoms with Gasteiger partial charge in [-0.2, -0.15) is 0 Å². The molecule has 40 heavy (non-hydrogen) atoms. The van der Waals surface area contributed by atoms with Crippen LogP contribution >= 0.6 is 0 Å². The summed E-state index contributed by atoms with van der Waals surface area (Å²) in [5, 5.41) is 5.52. The summed E-state index contributed by atoms with van der Waals surface area (Å²) in [4.78, 5) is 4.87. The third kappa shape index (κ3) is 6.10. The fourth-order valence-electron chi connectivity index (χ4n) is 7.40. The second-order valence-corrected chi connectivity index (χ2v) is 26.0. The molecule has 0 spiro atoms. The highest BCUT2D eigenvalue weighted by molar-refractivity contribution is 6.76. The summed E-state index contributed by atoms with van der Waals surface area (Å²) < 4.78 is 20.8. The van der Waals surface area contributed by atoms with Crippen molar-refractivity contribution in [3.8, 4) is 0 Å². The highest BCUT2D eigenvalue weighted by Crippen LogP contribution is 2.59. The molecule has 222 valence electrons. The largest absolute Gasteiger partial charge is 0.504 e. The zero-order valence-corrected chi connectivity index (χ0v) is 28.5. The van der Waals surface area contributed by atoms with Crippen LogP contribution in [-0.4, -0.2) is 51.3 Å². The molecule has 2 heterocycles. The molecule has 4 aliphatic rings. The van der Waals surface area contributed by atoms with Gasteiger partial charge < -0.3 is 23.8 Å². The number of anilines is 1. The summed E-state index contributed by atoms with van der Waals surface area (Å²) >= 11 is 0. The van der Waals surface area contributed by atoms with Crippen LogP contribution in [0.1, 0.15) is 58.4 Å². The molecule has 5 atom stereocenters. The molecular weight excluding hydrogens is 531 g/mol. The van der Waals surface area contributed by atoms with Crippen LogP contribution in [-0.2, 0) is 20.6 Å². The average Bonchev–Trinajstić information content (AvgIpc) is 3.24. The third-order valence-corrected chi connectivity index (χ3v) is 16.5. The number of pyridine rings is 1. The zero-order chi connectivity index (χ0) is 28.9. The molecule has 0 amide bonds. The molecule has 6 nitrogen and oxygen atoms in total. The van der Waals surface area contributed by atoms with Crippen molar-refractivity contribution in [1.29, 1.82) is 0 Å². The number of nitrogens with zero attached hydrogens (tertiary/aromatic N) is 2. The van der Waals surface area contributed by atoms with Gasteiger partial charge in [0.15, 0.2) is 8.32 Å². The molecule has 4 fully saturated rings. The van der Waals surface area contributed by atoms with Crippen molar-refractivity contribution in [1.82, 2.24) is 9.55 Å². The van der Waals surface area contributed by atoms with Crippen molar-refractivity contribution in [2.24, 2.45) is 17.8 Å². The van der Waals surface area contributed by atoms with Crippen molar-refractivity contribution >= 4 is 39.2 Å². The van der Waals surface area contributed by atoms with E-state index >= 15 is 0 Å². The standard InChI is InChI=1S/C32H53N3O3Si2/c1-31(2,3)40(8,9)38-32-18-23-16-25(19-32)28(26(17-23)20-32)34-29-24(11-13-36-4)21-33-30-27(29)10-12-35(30)22-37-14-15-39(5,6)7/h10-13,21,23,25-26,28H,14-20,22H2,1-9H3,(H,33,34)/t23?,25-,26+,28?,32?. The van der Waals surface area contributed by atoms with Gasteiger partial charge in [-0.3, -0.25) is 0 Å². The number of hydrogen-bond donors (Lipinski definition) is 1. The SMILES string of the molecule is COC=Cc1cnc2c(ccn2COCC[Si](C)(C)C)c1NC1[C@@H]2CC3C[C@H]1CC(O[Si](C)(C)C(C)(C)C)(C3)C2.